The molecule has 1 aliphatic carbocycles. The molecule has 3 N–H and O–H groups in total. The minimum absolute atomic E-state index is 0.638. The van der Waals surface area contributed by atoms with Gasteiger partial charge in [0.25, 0.3) is 0 Å². The monoisotopic (exact) mass is 319 g/mol. The lowest BCUT2D eigenvalue weighted by molar-refractivity contribution is -0.0716. The van der Waals surface area contributed by atoms with Crippen LogP contribution in [-0.2, 0) is 6.42 Å². The zero-order valence-corrected chi connectivity index (χ0v) is 13.7. The molecule has 0 bridgehead atoms. The van der Waals surface area contributed by atoms with Crippen LogP contribution in [0.2, 0.25) is 0 Å². The Morgan fingerprint density at radius 1 is 1.35 bits per heavy atom. The molecule has 23 heavy (non-hydrogen) atoms. The molecule has 2 aliphatic heterocycles. The number of nitrogens with one attached hydrogen (secondary N) is 1. The molecule has 0 spiro atoms. The molecule has 2 fully saturated rings. The molecule has 1 aromatic rings. The number of hydrogen-bond donors (Lipinski definition) is 3. The third kappa shape index (κ3) is 2.56. The average molecular weight is 319 g/mol. The molecule has 1 saturated heterocycles. The molecule has 2 unspecified atom stereocenters. The standard InChI is InChI=1S/C16H25N5O2/c1-9(22)16(23)21-6-12-11(13(12)7-21)5-20(2)15-10-3-4-17-14(10)18-8-19-15/h8-9,11-13,16,22-23H,3-7H2,1-2H3,(H,17,18,19)/t9?,11?,12-,13+,16-/m0/s1. The molecule has 126 valence electrons. The van der Waals surface area contributed by atoms with E-state index in [0.29, 0.717) is 17.8 Å². The summed E-state index contributed by atoms with van der Waals surface area (Å²) in [6, 6.07) is 0. The topological polar surface area (TPSA) is 84.8 Å². The summed E-state index contributed by atoms with van der Waals surface area (Å²) < 4.78 is 0. The first-order chi connectivity index (χ1) is 11.1. The summed E-state index contributed by atoms with van der Waals surface area (Å²) in [6.07, 6.45) is 1.21. The van der Waals surface area contributed by atoms with Crippen LogP contribution < -0.4 is 10.2 Å². The van der Waals surface area contributed by atoms with Gasteiger partial charge in [-0.3, -0.25) is 4.90 Å². The Morgan fingerprint density at radius 3 is 2.78 bits per heavy atom. The predicted molar refractivity (Wildman–Crippen MR) is 87.2 cm³/mol. The number of piperidine rings is 1. The Hall–Kier alpha value is -1.44. The Balaban J connectivity index is 1.36. The summed E-state index contributed by atoms with van der Waals surface area (Å²) in [4.78, 5) is 13.0. The Labute approximate surface area is 136 Å². The van der Waals surface area contributed by atoms with E-state index in [1.54, 1.807) is 13.3 Å². The summed E-state index contributed by atoms with van der Waals surface area (Å²) in [5.74, 6) is 3.96. The van der Waals surface area contributed by atoms with Gasteiger partial charge in [0.1, 0.15) is 24.2 Å². The van der Waals surface area contributed by atoms with E-state index in [2.05, 4.69) is 27.2 Å². The fourth-order valence-corrected chi connectivity index (χ4v) is 4.30. The Morgan fingerprint density at radius 2 is 2.09 bits per heavy atom. The minimum Gasteiger partial charge on any atom is -0.389 e. The SMILES string of the molecule is CC(O)[C@H](O)N1C[C@@H]2C(CN(C)c3ncnc4c3CCN4)[C@@H]2C1. The lowest BCUT2D eigenvalue weighted by Gasteiger charge is -2.28. The van der Waals surface area contributed by atoms with Crippen LogP contribution in [0.15, 0.2) is 6.33 Å². The van der Waals surface area contributed by atoms with Crippen molar-refractivity contribution >= 4 is 11.6 Å². The smallest absolute Gasteiger partial charge is 0.137 e. The molecule has 7 nitrogen and oxygen atoms in total. The van der Waals surface area contributed by atoms with Crippen molar-refractivity contribution in [1.29, 1.82) is 0 Å². The largest absolute Gasteiger partial charge is 0.389 e. The number of aromatic nitrogens is 2. The van der Waals surface area contributed by atoms with Crippen molar-refractivity contribution in [2.45, 2.75) is 25.7 Å². The second-order valence-corrected chi connectivity index (χ2v) is 7.18. The van der Waals surface area contributed by atoms with Crippen LogP contribution in [0.25, 0.3) is 0 Å². The molecule has 0 aromatic carbocycles. The number of hydrogen-bond acceptors (Lipinski definition) is 7. The highest BCUT2D eigenvalue weighted by atomic mass is 16.3. The fraction of sp³-hybridized carbons (Fsp3) is 0.750. The summed E-state index contributed by atoms with van der Waals surface area (Å²) in [5.41, 5.74) is 1.23. The minimum atomic E-state index is -0.725. The molecule has 0 amide bonds. The van der Waals surface area contributed by atoms with Crippen LogP contribution in [-0.4, -0.2) is 70.6 Å². The zero-order chi connectivity index (χ0) is 16.1. The maximum absolute atomic E-state index is 9.96. The van der Waals surface area contributed by atoms with Gasteiger partial charge >= 0.3 is 0 Å². The number of anilines is 2. The first-order valence-electron chi connectivity index (χ1n) is 8.45. The number of likely N-dealkylation sites (tertiary alicyclic amines) is 1. The molecule has 7 heteroatoms. The molecule has 3 aliphatic rings. The van der Waals surface area contributed by atoms with E-state index in [1.165, 1.54) is 5.56 Å². The van der Waals surface area contributed by atoms with Gasteiger partial charge in [-0.15, -0.1) is 0 Å². The van der Waals surface area contributed by atoms with Crippen LogP contribution in [0, 0.1) is 17.8 Å². The van der Waals surface area contributed by atoms with Gasteiger partial charge in [-0.1, -0.05) is 0 Å². The number of nitrogens with zero attached hydrogens (tertiary/aromatic N) is 4. The van der Waals surface area contributed by atoms with E-state index in [-0.39, 0.29) is 0 Å². The van der Waals surface area contributed by atoms with Gasteiger partial charge in [0, 0.05) is 38.8 Å². The molecule has 1 aromatic heterocycles. The van der Waals surface area contributed by atoms with Crippen molar-refractivity contribution in [3.8, 4) is 0 Å². The lowest BCUT2D eigenvalue weighted by atomic mass is 10.2. The first kappa shape index (κ1) is 15.1. The van der Waals surface area contributed by atoms with E-state index in [4.69, 9.17) is 0 Å². The van der Waals surface area contributed by atoms with Gasteiger partial charge in [0.05, 0.1) is 6.10 Å². The van der Waals surface area contributed by atoms with Crippen LogP contribution in [0.5, 0.6) is 0 Å². The van der Waals surface area contributed by atoms with Crippen molar-refractivity contribution in [2.75, 3.05) is 43.4 Å². The summed E-state index contributed by atoms with van der Waals surface area (Å²) in [6.45, 7) is 5.36. The van der Waals surface area contributed by atoms with Gasteiger partial charge in [-0.05, 0) is 31.1 Å². The summed E-state index contributed by atoms with van der Waals surface area (Å²) >= 11 is 0. The molecule has 1 saturated carbocycles. The second-order valence-electron chi connectivity index (χ2n) is 7.18. The van der Waals surface area contributed by atoms with E-state index in [9.17, 15) is 10.2 Å². The van der Waals surface area contributed by atoms with E-state index in [1.807, 2.05) is 4.90 Å². The Kier molecular flexibility index (Phi) is 3.66. The van der Waals surface area contributed by atoms with Crippen LogP contribution >= 0.6 is 0 Å². The summed E-state index contributed by atoms with van der Waals surface area (Å²) in [5, 5.41) is 22.8. The van der Waals surface area contributed by atoms with Crippen molar-refractivity contribution in [2.24, 2.45) is 17.8 Å². The van der Waals surface area contributed by atoms with Gasteiger partial charge < -0.3 is 20.4 Å². The second kappa shape index (κ2) is 5.58. The quantitative estimate of drug-likeness (QED) is 0.690. The number of aliphatic hydroxyl groups is 2. The average Bonchev–Trinajstić information content (AvgIpc) is 2.96. The highest BCUT2D eigenvalue weighted by Gasteiger charge is 2.56. The van der Waals surface area contributed by atoms with Crippen LogP contribution in [0.4, 0.5) is 11.6 Å². The van der Waals surface area contributed by atoms with Crippen molar-refractivity contribution in [3.63, 3.8) is 0 Å². The van der Waals surface area contributed by atoms with Crippen LogP contribution in [0.3, 0.4) is 0 Å². The van der Waals surface area contributed by atoms with Gasteiger partial charge in [-0.25, -0.2) is 9.97 Å². The molecule has 3 heterocycles. The molecule has 0 radical (unpaired) electrons. The number of fused-ring (bicyclic) bond motifs is 2. The molecule has 4 rings (SSSR count). The molecular formula is C16H25N5O2. The first-order valence-corrected chi connectivity index (χ1v) is 8.45. The van der Waals surface area contributed by atoms with E-state index in [0.717, 1.165) is 44.2 Å². The fourth-order valence-electron chi connectivity index (χ4n) is 4.30. The number of rotatable bonds is 5. The van der Waals surface area contributed by atoms with E-state index >= 15 is 0 Å². The maximum atomic E-state index is 9.96. The van der Waals surface area contributed by atoms with E-state index < -0.39 is 12.3 Å². The highest BCUT2D eigenvalue weighted by Crippen LogP contribution is 2.52. The molecular weight excluding hydrogens is 294 g/mol. The molecule has 5 atom stereocenters. The van der Waals surface area contributed by atoms with Crippen molar-refractivity contribution in [1.82, 2.24) is 14.9 Å². The predicted octanol–water partition coefficient (Wildman–Crippen LogP) is -0.242. The van der Waals surface area contributed by atoms with Gasteiger partial charge in [-0.2, -0.15) is 0 Å². The normalized spacial score (nSPS) is 31.2. The lowest BCUT2D eigenvalue weighted by Crippen LogP contribution is -2.43. The highest BCUT2D eigenvalue weighted by molar-refractivity contribution is 5.61. The van der Waals surface area contributed by atoms with Crippen LogP contribution in [0.1, 0.15) is 12.5 Å². The van der Waals surface area contributed by atoms with Gasteiger partial charge in [0.2, 0.25) is 0 Å². The maximum Gasteiger partial charge on any atom is 0.137 e. The van der Waals surface area contributed by atoms with Gasteiger partial charge in [0.15, 0.2) is 0 Å². The summed E-state index contributed by atoms with van der Waals surface area (Å²) in [7, 11) is 2.11. The third-order valence-corrected chi connectivity index (χ3v) is 5.64. The Bertz CT molecular complexity index is 584. The van der Waals surface area contributed by atoms with Crippen molar-refractivity contribution < 1.29 is 10.2 Å². The van der Waals surface area contributed by atoms with Crippen molar-refractivity contribution in [3.05, 3.63) is 11.9 Å². The number of aliphatic hydroxyl groups excluding tert-OH is 2. The zero-order valence-electron chi connectivity index (χ0n) is 13.7. The third-order valence-electron chi connectivity index (χ3n) is 5.64.